The van der Waals surface area contributed by atoms with Crippen LogP contribution in [0.3, 0.4) is 0 Å². The Kier molecular flexibility index (Phi) is 7.74. The van der Waals surface area contributed by atoms with E-state index in [1.54, 1.807) is 6.33 Å². The molecule has 2 N–H and O–H groups in total. The van der Waals surface area contributed by atoms with Gasteiger partial charge in [-0.2, -0.15) is 0 Å². The molecule has 0 radical (unpaired) electrons. The van der Waals surface area contributed by atoms with Crippen molar-refractivity contribution in [1.82, 2.24) is 14.7 Å². The van der Waals surface area contributed by atoms with Crippen LogP contribution in [0, 0.1) is 5.92 Å². The van der Waals surface area contributed by atoms with Crippen LogP contribution in [-0.4, -0.2) is 32.5 Å². The molecule has 1 aromatic carbocycles. The number of aromatic nitrogens is 2. The zero-order chi connectivity index (χ0) is 24.0. The third-order valence-corrected chi connectivity index (χ3v) is 8.34. The fourth-order valence-electron chi connectivity index (χ4n) is 4.99. The van der Waals surface area contributed by atoms with E-state index in [-0.39, 0.29) is 5.25 Å². The Hall–Kier alpha value is -2.77. The van der Waals surface area contributed by atoms with Crippen LogP contribution in [0.5, 0.6) is 0 Å². The second-order valence-electron chi connectivity index (χ2n) is 9.44. The predicted octanol–water partition coefficient (Wildman–Crippen LogP) is 6.26. The molecule has 2 aromatic heterocycles. The minimum atomic E-state index is -1.09. The van der Waals surface area contributed by atoms with Gasteiger partial charge in [-0.3, -0.25) is 0 Å². The number of allylic oxidation sites excluding steroid dienone is 3. The quantitative estimate of drug-likeness (QED) is 0.328. The number of unbranched alkanes of at least 4 members (excludes halogenated alkanes) is 1. The molecule has 184 valence electrons. The van der Waals surface area contributed by atoms with Crippen molar-refractivity contribution in [3.05, 3.63) is 60.6 Å². The Labute approximate surface area is 209 Å². The molecule has 0 saturated heterocycles. The van der Waals surface area contributed by atoms with Crippen molar-refractivity contribution in [3.8, 4) is 11.1 Å². The smallest absolute Gasteiger partial charge is 0.232 e. The van der Waals surface area contributed by atoms with E-state index in [2.05, 4.69) is 45.1 Å². The van der Waals surface area contributed by atoms with Crippen LogP contribution in [-0.2, 0) is 11.0 Å². The summed E-state index contributed by atoms with van der Waals surface area (Å²) in [6.07, 6.45) is 15.8. The van der Waals surface area contributed by atoms with Crippen LogP contribution in [0.4, 0.5) is 5.82 Å². The van der Waals surface area contributed by atoms with Crippen molar-refractivity contribution in [2.24, 2.45) is 5.92 Å². The molecule has 0 spiro atoms. The molecule has 2 atom stereocenters. The van der Waals surface area contributed by atoms with Crippen molar-refractivity contribution in [3.63, 3.8) is 0 Å². The van der Waals surface area contributed by atoms with E-state index in [4.69, 9.17) is 4.42 Å². The van der Waals surface area contributed by atoms with Crippen molar-refractivity contribution >= 4 is 33.5 Å². The third kappa shape index (κ3) is 5.41. The maximum absolute atomic E-state index is 12.6. The predicted molar refractivity (Wildman–Crippen MR) is 144 cm³/mol. The van der Waals surface area contributed by atoms with E-state index >= 15 is 0 Å². The van der Waals surface area contributed by atoms with Gasteiger partial charge in [0.05, 0.1) is 21.6 Å². The molecule has 0 amide bonds. The molecular formula is C28H34N4O2S. The van der Waals surface area contributed by atoms with Gasteiger partial charge in [0, 0.05) is 24.2 Å². The lowest BCUT2D eigenvalue weighted by atomic mass is 9.96. The van der Waals surface area contributed by atoms with E-state index in [0.717, 1.165) is 59.6 Å². The molecule has 3 aromatic rings. The fraction of sp³-hybridized carbons (Fsp3) is 0.429. The summed E-state index contributed by atoms with van der Waals surface area (Å²) in [4.78, 5) is 9.10. The summed E-state index contributed by atoms with van der Waals surface area (Å²) in [5.74, 6) is 2.31. The zero-order valence-electron chi connectivity index (χ0n) is 20.3. The minimum Gasteiger partial charge on any atom is -0.437 e. The van der Waals surface area contributed by atoms with Crippen molar-refractivity contribution in [2.75, 3.05) is 18.4 Å². The maximum atomic E-state index is 12.6. The Morgan fingerprint density at radius 1 is 1.14 bits per heavy atom. The molecule has 7 heteroatoms. The lowest BCUT2D eigenvalue weighted by molar-refractivity contribution is 0.578. The summed E-state index contributed by atoms with van der Waals surface area (Å²) in [6.45, 7) is 3.83. The first-order valence-corrected chi connectivity index (χ1v) is 14.1. The maximum Gasteiger partial charge on any atom is 0.232 e. The molecule has 35 heavy (non-hydrogen) atoms. The fourth-order valence-corrected chi connectivity index (χ4v) is 6.04. The topological polar surface area (TPSA) is 80.1 Å². The number of furan rings is 1. The lowest BCUT2D eigenvalue weighted by Gasteiger charge is -2.16. The van der Waals surface area contributed by atoms with E-state index < -0.39 is 11.0 Å². The van der Waals surface area contributed by atoms with Crippen LogP contribution in [0.2, 0.25) is 0 Å². The highest BCUT2D eigenvalue weighted by molar-refractivity contribution is 7.83. The molecule has 2 aliphatic carbocycles. The normalized spacial score (nSPS) is 19.2. The van der Waals surface area contributed by atoms with Gasteiger partial charge in [-0.25, -0.2) is 18.9 Å². The summed E-state index contributed by atoms with van der Waals surface area (Å²) in [5, 5.41) is 4.49. The molecule has 6 nitrogen and oxygen atoms in total. The third-order valence-electron chi connectivity index (χ3n) is 6.96. The second-order valence-corrected chi connectivity index (χ2v) is 10.9. The largest absolute Gasteiger partial charge is 0.437 e. The van der Waals surface area contributed by atoms with Crippen LogP contribution in [0.25, 0.3) is 27.8 Å². The molecular weight excluding hydrogens is 456 g/mol. The minimum absolute atomic E-state index is 0.0383. The molecule has 0 aliphatic heterocycles. The number of rotatable bonds is 10. The van der Waals surface area contributed by atoms with Gasteiger partial charge >= 0.3 is 0 Å². The van der Waals surface area contributed by atoms with Crippen molar-refractivity contribution in [1.29, 1.82) is 0 Å². The first-order chi connectivity index (χ1) is 17.2. The molecule has 5 rings (SSSR count). The monoisotopic (exact) mass is 490 g/mol. The average Bonchev–Trinajstić information content (AvgIpc) is 3.56. The van der Waals surface area contributed by atoms with Crippen LogP contribution >= 0.6 is 0 Å². The SMILES string of the molecule is CCCCNS(=O)C1C=CC(c2oc3ncnc(NCC4CCCC4)c3c2-c2ccccc2)=CC1. The van der Waals surface area contributed by atoms with Crippen molar-refractivity contribution < 1.29 is 8.63 Å². The summed E-state index contributed by atoms with van der Waals surface area (Å²) in [6, 6.07) is 10.3. The Balaban J connectivity index is 1.47. The number of fused-ring (bicyclic) bond motifs is 1. The number of hydrogen-bond donors (Lipinski definition) is 2. The van der Waals surface area contributed by atoms with Gasteiger partial charge in [0.1, 0.15) is 17.9 Å². The molecule has 2 heterocycles. The number of nitrogens with zero attached hydrogens (tertiary/aromatic N) is 2. The Morgan fingerprint density at radius 2 is 1.97 bits per heavy atom. The highest BCUT2D eigenvalue weighted by atomic mass is 32.2. The summed E-state index contributed by atoms with van der Waals surface area (Å²) in [7, 11) is -1.09. The standard InChI is InChI=1S/C28H34N4O2S/c1-2-3-17-32-35(33)23-15-13-22(14-16-23)26-24(21-11-5-4-6-12-21)25-27(30-19-31-28(25)34-26)29-18-20-9-7-8-10-20/h4-6,11-15,19-20,23,32H,2-3,7-10,16-18H2,1H3,(H,29,30,31). The number of anilines is 1. The number of benzene rings is 1. The van der Waals surface area contributed by atoms with E-state index in [1.165, 1.54) is 25.7 Å². The van der Waals surface area contributed by atoms with Crippen LogP contribution < -0.4 is 10.0 Å². The van der Waals surface area contributed by atoms with Gasteiger partial charge in [-0.1, -0.05) is 74.7 Å². The van der Waals surface area contributed by atoms with E-state index in [9.17, 15) is 4.21 Å². The summed E-state index contributed by atoms with van der Waals surface area (Å²) in [5.41, 5.74) is 3.65. The molecule has 1 saturated carbocycles. The van der Waals surface area contributed by atoms with E-state index in [1.807, 2.05) is 30.4 Å². The number of hydrogen-bond acceptors (Lipinski definition) is 5. The van der Waals surface area contributed by atoms with Gasteiger partial charge in [0.2, 0.25) is 5.71 Å². The summed E-state index contributed by atoms with van der Waals surface area (Å²) >= 11 is 0. The number of nitrogens with one attached hydrogen (secondary N) is 2. The first kappa shape index (κ1) is 23.9. The first-order valence-electron chi connectivity index (χ1n) is 12.8. The van der Waals surface area contributed by atoms with Gasteiger partial charge in [-0.05, 0) is 37.2 Å². The van der Waals surface area contributed by atoms with Gasteiger partial charge in [0.25, 0.3) is 0 Å². The molecule has 2 aliphatic rings. The Morgan fingerprint density at radius 3 is 2.71 bits per heavy atom. The average molecular weight is 491 g/mol. The van der Waals surface area contributed by atoms with Gasteiger partial charge < -0.3 is 9.73 Å². The zero-order valence-corrected chi connectivity index (χ0v) is 21.2. The second kappa shape index (κ2) is 11.3. The summed E-state index contributed by atoms with van der Waals surface area (Å²) < 4.78 is 22.2. The molecule has 2 unspecified atom stereocenters. The van der Waals surface area contributed by atoms with Crippen LogP contribution in [0.15, 0.2) is 59.3 Å². The Bertz CT molecular complexity index is 1230. The van der Waals surface area contributed by atoms with Gasteiger partial charge in [0.15, 0.2) is 0 Å². The van der Waals surface area contributed by atoms with E-state index in [0.29, 0.717) is 18.1 Å². The highest BCUT2D eigenvalue weighted by Gasteiger charge is 2.25. The highest BCUT2D eigenvalue weighted by Crippen LogP contribution is 2.42. The van der Waals surface area contributed by atoms with Gasteiger partial charge in [-0.15, -0.1) is 0 Å². The van der Waals surface area contributed by atoms with Crippen molar-refractivity contribution in [2.45, 2.75) is 57.1 Å². The molecule has 1 fully saturated rings. The van der Waals surface area contributed by atoms with Crippen LogP contribution in [0.1, 0.15) is 57.6 Å². The molecule has 0 bridgehead atoms. The lowest BCUT2D eigenvalue weighted by Crippen LogP contribution is -2.28.